The summed E-state index contributed by atoms with van der Waals surface area (Å²) in [6, 6.07) is 9.49. The molecular formula is C6H7BO2. The summed E-state index contributed by atoms with van der Waals surface area (Å²) in [6.07, 6.45) is 0. The molecule has 0 saturated heterocycles. The first-order chi connectivity index (χ1) is 3.39. The first kappa shape index (κ1) is 11.1. The molecule has 0 spiro atoms. The molecule has 2 N–H and O–H groups in total. The van der Waals surface area contributed by atoms with E-state index in [4.69, 9.17) is 7.85 Å². The Morgan fingerprint density at radius 1 is 0.889 bits per heavy atom. The average molecular weight is 122 g/mol. The van der Waals surface area contributed by atoms with Gasteiger partial charge in [0.25, 0.3) is 0 Å². The summed E-state index contributed by atoms with van der Waals surface area (Å²) in [6.45, 7) is 0. The number of rotatable bonds is 0. The molecule has 0 radical (unpaired) electrons. The molecule has 9 heavy (non-hydrogen) atoms. The van der Waals surface area contributed by atoms with Crippen LogP contribution < -0.4 is 5.46 Å². The van der Waals surface area contributed by atoms with Gasteiger partial charge in [0.1, 0.15) is 0 Å². The third kappa shape index (κ3) is 3.76. The van der Waals surface area contributed by atoms with Gasteiger partial charge >= 0.3 is 43.6 Å². The molecule has 0 amide bonds. The van der Waals surface area contributed by atoms with E-state index in [1.807, 2.05) is 30.3 Å². The average Bonchev–Trinajstić information content (AvgIpc) is 1.69. The van der Waals surface area contributed by atoms with Crippen molar-refractivity contribution in [1.82, 2.24) is 0 Å². The van der Waals surface area contributed by atoms with E-state index in [0.29, 0.717) is 0 Å². The van der Waals surface area contributed by atoms with Gasteiger partial charge in [-0.3, -0.25) is 0 Å². The monoisotopic (exact) mass is 122 g/mol. The summed E-state index contributed by atoms with van der Waals surface area (Å²) in [7, 11) is 5.36. The van der Waals surface area contributed by atoms with Crippen LogP contribution in [0, 0.1) is 0 Å². The number of hydrogen-bond acceptors (Lipinski definition) is 2. The van der Waals surface area contributed by atoms with Crippen molar-refractivity contribution in [3.8, 4) is 0 Å². The molecule has 1 rings (SSSR count). The number of hydrogen-bond donors (Lipinski definition) is 0. The Morgan fingerprint density at radius 3 is 1.56 bits per heavy atom. The Kier molecular flexibility index (Phi) is 6.57. The molecule has 0 unspecified atom stereocenters. The van der Waals surface area contributed by atoms with Gasteiger partial charge in [0, 0.05) is 0 Å². The van der Waals surface area contributed by atoms with Crippen LogP contribution in [-0.4, -0.2) is 18.8 Å². The van der Waals surface area contributed by atoms with Gasteiger partial charge in [-0.2, -0.15) is 0 Å². The van der Waals surface area contributed by atoms with Gasteiger partial charge < -0.3 is 11.0 Å². The predicted octanol–water partition coefficient (Wildman–Crippen LogP) is 0.127. The molecule has 0 heterocycles. The zero-order chi connectivity index (χ0) is 5.11. The number of benzene rings is 1. The minimum Gasteiger partial charge on any atom is -0.870 e. The fourth-order valence-electron chi connectivity index (χ4n) is 0.453. The normalized spacial score (nSPS) is 6.89. The molecule has 0 atom stereocenters. The molecule has 0 fully saturated rings. The maximum Gasteiger partial charge on any atom is -0.870 e. The van der Waals surface area contributed by atoms with E-state index in [0.717, 1.165) is 5.46 Å². The van der Waals surface area contributed by atoms with Crippen molar-refractivity contribution < 1.29 is 11.0 Å². The van der Waals surface area contributed by atoms with Crippen molar-refractivity contribution in [2.75, 3.05) is 0 Å². The third-order valence-corrected chi connectivity index (χ3v) is 0.800. The van der Waals surface area contributed by atoms with Crippen molar-refractivity contribution >= 4 is 13.3 Å². The Bertz CT molecular complexity index is 141. The Hall–Kier alpha value is -0.795. The largest absolute Gasteiger partial charge is 0.870 e. The first-order valence-electron chi connectivity index (χ1n) is 2.20. The van der Waals surface area contributed by atoms with Gasteiger partial charge in [0.05, 0.1) is 0 Å². The molecule has 0 saturated carbocycles. The Labute approximate surface area is 55.5 Å². The molecule has 46 valence electrons. The smallest absolute Gasteiger partial charge is 0.870 e. The van der Waals surface area contributed by atoms with Crippen LogP contribution in [-0.2, 0) is 0 Å². The van der Waals surface area contributed by atoms with E-state index in [-0.39, 0.29) is 11.0 Å². The summed E-state index contributed by atoms with van der Waals surface area (Å²) in [5.74, 6) is 0. The van der Waals surface area contributed by atoms with Crippen molar-refractivity contribution in [3.05, 3.63) is 30.3 Å². The van der Waals surface area contributed by atoms with Crippen molar-refractivity contribution in [1.29, 1.82) is 0 Å². The SMILES string of the molecule is [B+2]c1ccccc1.[OH-].[OH-]. The second-order valence-electron chi connectivity index (χ2n) is 1.41. The molecule has 0 aliphatic carbocycles. The fourth-order valence-corrected chi connectivity index (χ4v) is 0.453. The van der Waals surface area contributed by atoms with Crippen LogP contribution in [0.25, 0.3) is 0 Å². The molecule has 1 aromatic carbocycles. The fraction of sp³-hybridized carbons (Fsp3) is 0. The summed E-state index contributed by atoms with van der Waals surface area (Å²) < 4.78 is 0. The van der Waals surface area contributed by atoms with E-state index in [1.54, 1.807) is 0 Å². The maximum absolute atomic E-state index is 5.36. The van der Waals surface area contributed by atoms with Crippen LogP contribution >= 0.6 is 0 Å². The second-order valence-corrected chi connectivity index (χ2v) is 1.41. The minimum absolute atomic E-state index is 0. The molecule has 0 aromatic heterocycles. The second kappa shape index (κ2) is 5.34. The minimum atomic E-state index is 0. The standard InChI is InChI=1S/C6H5B.2H2O/c7-6-4-2-1-3-5-6;;/h1-5H;2*1H2/q+2;;/p-2. The van der Waals surface area contributed by atoms with E-state index in [2.05, 4.69) is 0 Å². The van der Waals surface area contributed by atoms with E-state index < -0.39 is 0 Å². The predicted molar refractivity (Wildman–Crippen MR) is 35.7 cm³/mol. The van der Waals surface area contributed by atoms with Gasteiger partial charge in [0.2, 0.25) is 0 Å². The molecule has 0 aliphatic rings. The third-order valence-electron chi connectivity index (χ3n) is 0.800. The van der Waals surface area contributed by atoms with E-state index >= 15 is 0 Å². The molecule has 0 aliphatic heterocycles. The van der Waals surface area contributed by atoms with Gasteiger partial charge in [0.15, 0.2) is 0 Å². The Balaban J connectivity index is 0. The van der Waals surface area contributed by atoms with Crippen LogP contribution in [0.15, 0.2) is 30.3 Å². The van der Waals surface area contributed by atoms with Gasteiger partial charge in [-0.05, 0) is 0 Å². The zero-order valence-electron chi connectivity index (χ0n) is 4.86. The van der Waals surface area contributed by atoms with Crippen LogP contribution in [0.1, 0.15) is 0 Å². The summed E-state index contributed by atoms with van der Waals surface area (Å²) in [5, 5.41) is 0. The molecule has 2 nitrogen and oxygen atoms in total. The van der Waals surface area contributed by atoms with E-state index in [1.165, 1.54) is 0 Å². The summed E-state index contributed by atoms with van der Waals surface area (Å²) in [5.41, 5.74) is 0.822. The maximum atomic E-state index is 5.36. The first-order valence-corrected chi connectivity index (χ1v) is 2.20. The molecule has 0 bridgehead atoms. The van der Waals surface area contributed by atoms with Gasteiger partial charge in [-0.15, -0.1) is 0 Å². The topological polar surface area (TPSA) is 60.0 Å². The van der Waals surface area contributed by atoms with Crippen LogP contribution in [0.4, 0.5) is 0 Å². The summed E-state index contributed by atoms with van der Waals surface area (Å²) >= 11 is 0. The van der Waals surface area contributed by atoms with Crippen LogP contribution in [0.2, 0.25) is 0 Å². The quantitative estimate of drug-likeness (QED) is 0.459. The molecule has 3 heteroatoms. The van der Waals surface area contributed by atoms with Crippen molar-refractivity contribution in [3.63, 3.8) is 0 Å². The Morgan fingerprint density at radius 2 is 1.33 bits per heavy atom. The van der Waals surface area contributed by atoms with Crippen LogP contribution in [0.3, 0.4) is 0 Å². The van der Waals surface area contributed by atoms with Crippen molar-refractivity contribution in [2.24, 2.45) is 0 Å². The van der Waals surface area contributed by atoms with Gasteiger partial charge in [-0.25, -0.2) is 0 Å². The summed E-state index contributed by atoms with van der Waals surface area (Å²) in [4.78, 5) is 0. The molecule has 1 aromatic rings. The van der Waals surface area contributed by atoms with E-state index in [9.17, 15) is 0 Å². The molecular weight excluding hydrogens is 115 g/mol. The van der Waals surface area contributed by atoms with Crippen molar-refractivity contribution in [2.45, 2.75) is 0 Å². The zero-order valence-corrected chi connectivity index (χ0v) is 4.86. The van der Waals surface area contributed by atoms with Gasteiger partial charge in [-0.1, -0.05) is 0 Å². The van der Waals surface area contributed by atoms with Crippen LogP contribution in [0.5, 0.6) is 0 Å².